The molecule has 0 amide bonds. The molecule has 196 valence electrons. The van der Waals surface area contributed by atoms with Crippen molar-refractivity contribution in [3.05, 3.63) is 82.4 Å². The van der Waals surface area contributed by atoms with Gasteiger partial charge in [0.25, 0.3) is 0 Å². The Morgan fingerprint density at radius 1 is 0.806 bits per heavy atom. The second-order valence-electron chi connectivity index (χ2n) is 9.24. The molecule has 2 heterocycles. The van der Waals surface area contributed by atoms with Gasteiger partial charge in [-0.15, -0.1) is 24.8 Å². The minimum atomic E-state index is -1.09. The molecular formula is C26H32Cl4N4OS. The van der Waals surface area contributed by atoms with Crippen LogP contribution in [-0.4, -0.2) is 18.9 Å². The summed E-state index contributed by atoms with van der Waals surface area (Å²) in [6.07, 6.45) is 3.52. The smallest absolute Gasteiger partial charge is 0.129 e. The summed E-state index contributed by atoms with van der Waals surface area (Å²) < 4.78 is 15.0. The number of nitrogens with zero attached hydrogens (tertiary/aromatic N) is 2. The lowest BCUT2D eigenvalue weighted by Crippen LogP contribution is -2.34. The van der Waals surface area contributed by atoms with Crippen LogP contribution in [0.25, 0.3) is 21.5 Å². The molecule has 0 saturated carbocycles. The molecule has 0 radical (unpaired) electrons. The van der Waals surface area contributed by atoms with Gasteiger partial charge in [-0.2, -0.15) is 0 Å². The van der Waals surface area contributed by atoms with E-state index in [0.29, 0.717) is 10.3 Å². The molecule has 4 aromatic rings. The summed E-state index contributed by atoms with van der Waals surface area (Å²) in [4.78, 5) is 8.08. The summed E-state index contributed by atoms with van der Waals surface area (Å²) in [6, 6.07) is 15.9. The van der Waals surface area contributed by atoms with Gasteiger partial charge in [0.15, 0.2) is 0 Å². The Kier molecular flexibility index (Phi) is 12.5. The number of pyridine rings is 2. The van der Waals surface area contributed by atoms with Gasteiger partial charge >= 0.3 is 0 Å². The van der Waals surface area contributed by atoms with Crippen LogP contribution >= 0.6 is 48.0 Å². The summed E-state index contributed by atoms with van der Waals surface area (Å²) in [5.74, 6) is 0. The van der Waals surface area contributed by atoms with E-state index in [9.17, 15) is 4.21 Å². The molecule has 0 bridgehead atoms. The minimum absolute atomic E-state index is 0. The largest absolute Gasteiger partial charge is 0.324 e. The quantitative estimate of drug-likeness (QED) is 0.238. The molecule has 0 aliphatic carbocycles. The molecule has 3 atom stereocenters. The molecule has 0 unspecified atom stereocenters. The Morgan fingerprint density at radius 2 is 1.25 bits per heavy atom. The normalized spacial score (nSPS) is 13.6. The van der Waals surface area contributed by atoms with E-state index in [1.54, 1.807) is 12.4 Å². The summed E-state index contributed by atoms with van der Waals surface area (Å²) >= 11 is 11.7. The third-order valence-electron chi connectivity index (χ3n) is 5.29. The van der Waals surface area contributed by atoms with Crippen LogP contribution in [0.2, 0.25) is 10.3 Å². The lowest BCUT2D eigenvalue weighted by Gasteiger charge is -2.22. The van der Waals surface area contributed by atoms with Crippen molar-refractivity contribution in [2.24, 2.45) is 5.73 Å². The highest BCUT2D eigenvalue weighted by molar-refractivity contribution is 7.84. The average molecular weight is 590 g/mol. The van der Waals surface area contributed by atoms with E-state index in [4.69, 9.17) is 28.9 Å². The zero-order valence-electron chi connectivity index (χ0n) is 20.8. The van der Waals surface area contributed by atoms with E-state index >= 15 is 0 Å². The number of hydrogen-bond acceptors (Lipinski definition) is 4. The Morgan fingerprint density at radius 3 is 1.69 bits per heavy atom. The number of nitrogens with one attached hydrogen (secondary N) is 1. The highest BCUT2D eigenvalue weighted by atomic mass is 35.5. The molecule has 0 aliphatic heterocycles. The molecule has 4 rings (SSSR count). The second-order valence-corrected chi connectivity index (χ2v) is 12.0. The third-order valence-corrected chi connectivity index (χ3v) is 7.38. The van der Waals surface area contributed by atoms with Gasteiger partial charge in [-0.25, -0.2) is 18.9 Å². The Balaban J connectivity index is 0.000000359. The summed E-state index contributed by atoms with van der Waals surface area (Å²) in [5, 5.41) is 5.24. The number of halogens is 4. The number of fused-ring (bicyclic) bond motifs is 2. The summed E-state index contributed by atoms with van der Waals surface area (Å²) in [6.45, 7) is 9.83. The SMILES string of the molecule is C[C@@H](N)c1ccc2cnc(Cl)cc2c1.C[C@@H](N[S@](=O)C(C)(C)C)c1ccc2cnc(Cl)cc2c1.Cl.Cl. The van der Waals surface area contributed by atoms with Crippen LogP contribution in [0.15, 0.2) is 60.9 Å². The fraction of sp³-hybridized carbons (Fsp3) is 0.308. The van der Waals surface area contributed by atoms with Crippen LogP contribution in [0.1, 0.15) is 57.8 Å². The number of aromatic nitrogens is 2. The van der Waals surface area contributed by atoms with Gasteiger partial charge < -0.3 is 5.73 Å². The number of rotatable bonds is 4. The van der Waals surface area contributed by atoms with Crippen molar-refractivity contribution in [2.45, 2.75) is 51.4 Å². The van der Waals surface area contributed by atoms with E-state index in [-0.39, 0.29) is 41.6 Å². The first-order valence-electron chi connectivity index (χ1n) is 11.0. The van der Waals surface area contributed by atoms with Gasteiger partial charge in [-0.1, -0.05) is 47.5 Å². The molecular weight excluding hydrogens is 558 g/mol. The van der Waals surface area contributed by atoms with Crippen LogP contribution in [0.4, 0.5) is 0 Å². The predicted octanol–water partition coefficient (Wildman–Crippen LogP) is 7.75. The monoisotopic (exact) mass is 588 g/mol. The standard InChI is InChI=1S/C15H19ClN2OS.C11H11ClN2.2ClH/c1-10(18-20(19)15(2,3)4)11-5-6-12-9-17-14(16)8-13(12)7-11;1-7(13)8-2-3-9-6-14-11(12)5-10(9)4-8;;/h5-10,18H,1-4H3;2-7H,13H2,1H3;2*1H/t10-,20-;7-;;/m11../s1. The van der Waals surface area contributed by atoms with Gasteiger partial charge in [-0.05, 0) is 80.8 Å². The first kappa shape index (κ1) is 32.5. The molecule has 36 heavy (non-hydrogen) atoms. The first-order valence-corrected chi connectivity index (χ1v) is 12.9. The maximum Gasteiger partial charge on any atom is 0.129 e. The van der Waals surface area contributed by atoms with E-state index in [1.807, 2.05) is 77.1 Å². The van der Waals surface area contributed by atoms with Crippen LogP contribution in [0, 0.1) is 0 Å². The lowest BCUT2D eigenvalue weighted by molar-refractivity contribution is 0.616. The van der Waals surface area contributed by atoms with Crippen molar-refractivity contribution in [3.8, 4) is 0 Å². The van der Waals surface area contributed by atoms with Gasteiger partial charge in [0.1, 0.15) is 10.3 Å². The highest BCUT2D eigenvalue weighted by Crippen LogP contribution is 2.23. The molecule has 0 spiro atoms. The second kappa shape index (κ2) is 13.9. The van der Waals surface area contributed by atoms with Crippen LogP contribution in [0.5, 0.6) is 0 Å². The number of benzene rings is 2. The zero-order valence-corrected chi connectivity index (χ0v) is 24.8. The Labute approximate surface area is 238 Å². The summed E-state index contributed by atoms with van der Waals surface area (Å²) in [7, 11) is -1.09. The fourth-order valence-electron chi connectivity index (χ4n) is 3.22. The molecule has 0 aliphatic rings. The Bertz CT molecular complexity index is 1330. The maximum atomic E-state index is 12.1. The average Bonchev–Trinajstić information content (AvgIpc) is 2.77. The van der Waals surface area contributed by atoms with Crippen molar-refractivity contribution in [2.75, 3.05) is 0 Å². The van der Waals surface area contributed by atoms with Crippen molar-refractivity contribution in [3.63, 3.8) is 0 Å². The number of hydrogen-bond donors (Lipinski definition) is 2. The zero-order chi connectivity index (χ0) is 25.0. The topological polar surface area (TPSA) is 80.9 Å². The number of nitrogens with two attached hydrogens (primary N) is 1. The van der Waals surface area contributed by atoms with E-state index in [0.717, 1.165) is 32.7 Å². The molecule has 10 heteroatoms. The van der Waals surface area contributed by atoms with Gasteiger partial charge in [-0.3, -0.25) is 0 Å². The van der Waals surface area contributed by atoms with Gasteiger partial charge in [0, 0.05) is 35.2 Å². The van der Waals surface area contributed by atoms with E-state index in [2.05, 4.69) is 20.8 Å². The van der Waals surface area contributed by atoms with E-state index in [1.165, 1.54) is 0 Å². The Hall–Kier alpha value is -1.51. The molecule has 2 aromatic carbocycles. The third kappa shape index (κ3) is 8.80. The van der Waals surface area contributed by atoms with Crippen LogP contribution in [-0.2, 0) is 11.0 Å². The highest BCUT2D eigenvalue weighted by Gasteiger charge is 2.21. The minimum Gasteiger partial charge on any atom is -0.324 e. The molecule has 0 fully saturated rings. The van der Waals surface area contributed by atoms with E-state index < -0.39 is 11.0 Å². The van der Waals surface area contributed by atoms with Gasteiger partial charge in [0.2, 0.25) is 0 Å². The van der Waals surface area contributed by atoms with Gasteiger partial charge in [0.05, 0.1) is 15.7 Å². The first-order chi connectivity index (χ1) is 15.9. The maximum absolute atomic E-state index is 12.1. The predicted molar refractivity (Wildman–Crippen MR) is 160 cm³/mol. The van der Waals surface area contributed by atoms with Crippen molar-refractivity contribution in [1.82, 2.24) is 14.7 Å². The van der Waals surface area contributed by atoms with Crippen LogP contribution < -0.4 is 10.5 Å². The van der Waals surface area contributed by atoms with Crippen molar-refractivity contribution in [1.29, 1.82) is 0 Å². The molecule has 3 N–H and O–H groups in total. The van der Waals surface area contributed by atoms with Crippen molar-refractivity contribution < 1.29 is 4.21 Å². The molecule has 2 aromatic heterocycles. The molecule has 0 saturated heterocycles. The van der Waals surface area contributed by atoms with Crippen LogP contribution in [0.3, 0.4) is 0 Å². The van der Waals surface area contributed by atoms with Crippen molar-refractivity contribution >= 4 is 80.5 Å². The lowest BCUT2D eigenvalue weighted by atomic mass is 10.1. The molecule has 5 nitrogen and oxygen atoms in total. The fourth-order valence-corrected chi connectivity index (χ4v) is 4.37. The summed E-state index contributed by atoms with van der Waals surface area (Å²) in [5.41, 5.74) is 7.99.